The molecule has 2 N–H and O–H groups in total. The first kappa shape index (κ1) is 12.4. The molecule has 0 saturated heterocycles. The Hall–Kier alpha value is -2.63. The van der Waals surface area contributed by atoms with Crippen molar-refractivity contribution in [3.63, 3.8) is 0 Å². The minimum Gasteiger partial charge on any atom is -0.382 e. The van der Waals surface area contributed by atoms with Crippen molar-refractivity contribution in [1.82, 2.24) is 15.3 Å². The first-order valence-electron chi connectivity index (χ1n) is 6.37. The van der Waals surface area contributed by atoms with Gasteiger partial charge in [-0.15, -0.1) is 0 Å². The predicted molar refractivity (Wildman–Crippen MR) is 72.9 cm³/mol. The van der Waals surface area contributed by atoms with Gasteiger partial charge in [0, 0.05) is 18.8 Å². The molecule has 3 rings (SSSR count). The Morgan fingerprint density at radius 1 is 1.40 bits per heavy atom. The number of nitrogens with zero attached hydrogens (tertiary/aromatic N) is 2. The number of aromatic amines is 1. The molecule has 0 bridgehead atoms. The Bertz CT molecular complexity index is 607. The van der Waals surface area contributed by atoms with Crippen LogP contribution in [0.4, 0.5) is 0 Å². The van der Waals surface area contributed by atoms with Crippen LogP contribution in [0.1, 0.15) is 17.8 Å². The minimum absolute atomic E-state index is 0.184. The second-order valence-corrected chi connectivity index (χ2v) is 4.46. The zero-order valence-corrected chi connectivity index (χ0v) is 10.7. The van der Waals surface area contributed by atoms with E-state index in [4.69, 9.17) is 4.84 Å². The van der Waals surface area contributed by atoms with Crippen molar-refractivity contribution in [3.8, 4) is 0 Å². The minimum atomic E-state index is -0.569. The Morgan fingerprint density at radius 3 is 3.00 bits per heavy atom. The molecule has 102 valence electrons. The largest absolute Gasteiger partial charge is 0.382 e. The van der Waals surface area contributed by atoms with Gasteiger partial charge in [0.2, 0.25) is 6.10 Å². The number of aromatic nitrogens is 2. The number of H-pyrrole nitrogens is 1. The maximum Gasteiger partial charge on any atom is 0.264 e. The van der Waals surface area contributed by atoms with E-state index in [1.165, 1.54) is 0 Å². The van der Waals surface area contributed by atoms with Crippen LogP contribution in [0.3, 0.4) is 0 Å². The summed E-state index contributed by atoms with van der Waals surface area (Å²) in [6.45, 7) is 0.354. The number of rotatable bonds is 4. The van der Waals surface area contributed by atoms with Crippen LogP contribution in [0.5, 0.6) is 0 Å². The second kappa shape index (κ2) is 5.56. The van der Waals surface area contributed by atoms with E-state index >= 15 is 0 Å². The molecule has 1 atom stereocenters. The van der Waals surface area contributed by atoms with Gasteiger partial charge in [0.15, 0.2) is 0 Å². The quantitative estimate of drug-likeness (QED) is 0.876. The predicted octanol–water partition coefficient (Wildman–Crippen LogP) is 1.22. The van der Waals surface area contributed by atoms with E-state index in [9.17, 15) is 4.79 Å². The first-order valence-corrected chi connectivity index (χ1v) is 6.37. The summed E-state index contributed by atoms with van der Waals surface area (Å²) in [5.41, 5.74) is 1.78. The van der Waals surface area contributed by atoms with Crippen LogP contribution in [0.2, 0.25) is 0 Å². The van der Waals surface area contributed by atoms with Gasteiger partial charge in [-0.2, -0.15) is 0 Å². The number of nitrogens with one attached hydrogen (secondary N) is 2. The zero-order chi connectivity index (χ0) is 13.8. The summed E-state index contributed by atoms with van der Waals surface area (Å²) in [5.74, 6) is 0.525. The number of hydrogen-bond acceptors (Lipinski definition) is 4. The fourth-order valence-corrected chi connectivity index (χ4v) is 2.00. The van der Waals surface area contributed by atoms with Crippen molar-refractivity contribution >= 4 is 11.6 Å². The normalized spacial score (nSPS) is 17.4. The van der Waals surface area contributed by atoms with Gasteiger partial charge >= 0.3 is 0 Å². The third-order valence-electron chi connectivity index (χ3n) is 3.05. The first-order chi connectivity index (χ1) is 9.83. The summed E-state index contributed by atoms with van der Waals surface area (Å²) in [7, 11) is 0. The third kappa shape index (κ3) is 2.69. The van der Waals surface area contributed by atoms with Crippen LogP contribution >= 0.6 is 0 Å². The lowest BCUT2D eigenvalue weighted by atomic mass is 10.0. The number of imidazole rings is 1. The molecule has 1 amide bonds. The van der Waals surface area contributed by atoms with Crippen LogP contribution in [0.25, 0.3) is 0 Å². The summed E-state index contributed by atoms with van der Waals surface area (Å²) < 4.78 is 0. The molecule has 1 aromatic carbocycles. The highest BCUT2D eigenvalue weighted by atomic mass is 16.6. The number of oxime groups is 1. The van der Waals surface area contributed by atoms with E-state index in [0.717, 1.165) is 11.3 Å². The van der Waals surface area contributed by atoms with E-state index < -0.39 is 6.10 Å². The highest BCUT2D eigenvalue weighted by molar-refractivity contribution is 6.03. The van der Waals surface area contributed by atoms with E-state index in [0.29, 0.717) is 18.8 Å². The van der Waals surface area contributed by atoms with Gasteiger partial charge in [-0.25, -0.2) is 4.98 Å². The molecule has 6 heteroatoms. The third-order valence-corrected chi connectivity index (χ3v) is 3.05. The van der Waals surface area contributed by atoms with E-state index in [1.54, 1.807) is 12.4 Å². The summed E-state index contributed by atoms with van der Waals surface area (Å²) in [5, 5.41) is 6.75. The maximum atomic E-state index is 12.0. The highest BCUT2D eigenvalue weighted by Gasteiger charge is 2.28. The van der Waals surface area contributed by atoms with Crippen molar-refractivity contribution in [2.24, 2.45) is 5.16 Å². The molecular formula is C14H14N4O2. The van der Waals surface area contributed by atoms with Crippen LogP contribution in [0, 0.1) is 0 Å². The smallest absolute Gasteiger partial charge is 0.264 e. The van der Waals surface area contributed by atoms with Crippen LogP contribution < -0.4 is 5.32 Å². The van der Waals surface area contributed by atoms with Crippen molar-refractivity contribution in [1.29, 1.82) is 0 Å². The zero-order valence-electron chi connectivity index (χ0n) is 10.7. The number of amides is 1. The van der Waals surface area contributed by atoms with Crippen LogP contribution in [-0.2, 0) is 16.2 Å². The van der Waals surface area contributed by atoms with Gasteiger partial charge in [0.1, 0.15) is 5.82 Å². The Labute approximate surface area is 115 Å². The summed E-state index contributed by atoms with van der Waals surface area (Å²) in [6, 6.07) is 9.70. The van der Waals surface area contributed by atoms with Gasteiger partial charge < -0.3 is 15.1 Å². The summed E-state index contributed by atoms with van der Waals surface area (Å²) >= 11 is 0. The maximum absolute atomic E-state index is 12.0. The van der Waals surface area contributed by atoms with Crippen LogP contribution in [-0.4, -0.2) is 27.7 Å². The Morgan fingerprint density at radius 2 is 2.25 bits per heavy atom. The van der Waals surface area contributed by atoms with Gasteiger partial charge in [-0.3, -0.25) is 4.79 Å². The molecule has 0 saturated carbocycles. The molecule has 1 aliphatic rings. The van der Waals surface area contributed by atoms with Gasteiger partial charge in [0.05, 0.1) is 12.3 Å². The molecule has 2 aromatic rings. The molecule has 1 unspecified atom stereocenters. The van der Waals surface area contributed by atoms with Gasteiger partial charge in [0.25, 0.3) is 5.91 Å². The highest BCUT2D eigenvalue weighted by Crippen LogP contribution is 2.16. The lowest BCUT2D eigenvalue weighted by molar-refractivity contribution is -0.131. The average molecular weight is 270 g/mol. The number of benzene rings is 1. The van der Waals surface area contributed by atoms with E-state index in [2.05, 4.69) is 20.4 Å². The molecule has 20 heavy (non-hydrogen) atoms. The fraction of sp³-hybridized carbons (Fsp3) is 0.214. The van der Waals surface area contributed by atoms with Gasteiger partial charge in [-0.1, -0.05) is 35.5 Å². The molecular weight excluding hydrogens is 256 g/mol. The standard InChI is InChI=1S/C14H14N4O2/c19-14(17-9-13-15-6-7-16-13)12-8-11(18-20-12)10-4-2-1-3-5-10/h1-7,12H,8-9H2,(H,15,16)(H,17,19). The topological polar surface area (TPSA) is 79.4 Å². The average Bonchev–Trinajstić information content (AvgIpc) is 3.17. The lowest BCUT2D eigenvalue weighted by Crippen LogP contribution is -2.34. The van der Waals surface area contributed by atoms with E-state index in [-0.39, 0.29) is 5.91 Å². The molecule has 0 fully saturated rings. The Balaban J connectivity index is 1.54. The molecule has 2 heterocycles. The SMILES string of the molecule is O=C(NCc1ncc[nH]1)C1CC(c2ccccc2)=NO1. The van der Waals surface area contributed by atoms with Crippen molar-refractivity contribution in [2.75, 3.05) is 0 Å². The van der Waals surface area contributed by atoms with Crippen molar-refractivity contribution < 1.29 is 9.63 Å². The number of carbonyl (C=O) groups excluding carboxylic acids is 1. The molecule has 0 radical (unpaired) electrons. The lowest BCUT2D eigenvalue weighted by Gasteiger charge is -2.08. The monoisotopic (exact) mass is 270 g/mol. The van der Waals surface area contributed by atoms with Gasteiger partial charge in [-0.05, 0) is 5.56 Å². The van der Waals surface area contributed by atoms with Crippen molar-refractivity contribution in [3.05, 3.63) is 54.1 Å². The summed E-state index contributed by atoms with van der Waals surface area (Å²) in [4.78, 5) is 24.1. The van der Waals surface area contributed by atoms with E-state index in [1.807, 2.05) is 30.3 Å². The fourth-order valence-electron chi connectivity index (χ4n) is 2.00. The van der Waals surface area contributed by atoms with Crippen LogP contribution in [0.15, 0.2) is 47.9 Å². The molecule has 1 aromatic heterocycles. The number of carbonyl (C=O) groups is 1. The molecule has 6 nitrogen and oxygen atoms in total. The Kier molecular flexibility index (Phi) is 3.45. The molecule has 1 aliphatic heterocycles. The number of hydrogen-bond donors (Lipinski definition) is 2. The molecule has 0 aliphatic carbocycles. The van der Waals surface area contributed by atoms with Crippen molar-refractivity contribution in [2.45, 2.75) is 19.1 Å². The second-order valence-electron chi connectivity index (χ2n) is 4.46. The summed E-state index contributed by atoms with van der Waals surface area (Å²) in [6.07, 6.45) is 3.27. The molecule has 0 spiro atoms.